The largest absolute Gasteiger partial charge is 0.396 e. The van der Waals surface area contributed by atoms with Crippen LogP contribution in [-0.4, -0.2) is 23.4 Å². The first kappa shape index (κ1) is 21.7. The van der Waals surface area contributed by atoms with Crippen LogP contribution in [0.15, 0.2) is 23.3 Å². The highest BCUT2D eigenvalue weighted by molar-refractivity contribution is 5.01. The second-order valence-corrected chi connectivity index (χ2v) is 5.54. The van der Waals surface area contributed by atoms with E-state index in [1.807, 2.05) is 6.08 Å². The lowest BCUT2D eigenvalue weighted by Gasteiger charge is -1.96. The first-order valence-electron chi connectivity index (χ1n) is 8.09. The van der Waals surface area contributed by atoms with Crippen LogP contribution in [0.5, 0.6) is 0 Å². The van der Waals surface area contributed by atoms with Crippen molar-refractivity contribution < 1.29 is 10.2 Å². The van der Waals surface area contributed by atoms with Gasteiger partial charge in [0.15, 0.2) is 0 Å². The molecule has 2 nitrogen and oxygen atoms in total. The van der Waals surface area contributed by atoms with Crippen LogP contribution in [-0.2, 0) is 0 Å². The minimum absolute atomic E-state index is 0.167. The Balaban J connectivity index is 0. The quantitative estimate of drug-likeness (QED) is 0.437. The lowest BCUT2D eigenvalue weighted by atomic mass is 10.1. The first-order valence-corrected chi connectivity index (χ1v) is 8.09. The topological polar surface area (TPSA) is 40.5 Å². The van der Waals surface area contributed by atoms with Gasteiger partial charge in [0.2, 0.25) is 0 Å². The van der Waals surface area contributed by atoms with Crippen molar-refractivity contribution in [3.05, 3.63) is 23.3 Å². The van der Waals surface area contributed by atoms with Crippen LogP contribution in [0.2, 0.25) is 0 Å². The summed E-state index contributed by atoms with van der Waals surface area (Å²) in [5.41, 5.74) is 2.63. The third-order valence-electron chi connectivity index (χ3n) is 3.04. The Bertz CT molecular complexity index is 232. The van der Waals surface area contributed by atoms with Gasteiger partial charge >= 0.3 is 0 Å². The van der Waals surface area contributed by atoms with Gasteiger partial charge in [-0.1, -0.05) is 62.3 Å². The van der Waals surface area contributed by atoms with E-state index in [0.29, 0.717) is 6.61 Å². The van der Waals surface area contributed by atoms with E-state index in [9.17, 15) is 0 Å². The van der Waals surface area contributed by atoms with Gasteiger partial charge in [-0.05, 0) is 40.0 Å². The van der Waals surface area contributed by atoms with E-state index in [-0.39, 0.29) is 6.61 Å². The maximum absolute atomic E-state index is 8.55. The molecule has 0 saturated carbocycles. The van der Waals surface area contributed by atoms with Gasteiger partial charge in [-0.2, -0.15) is 0 Å². The van der Waals surface area contributed by atoms with Crippen LogP contribution in [0.25, 0.3) is 0 Å². The molecule has 2 heteroatoms. The first-order chi connectivity index (χ1) is 9.58. The molecule has 0 radical (unpaired) electrons. The third kappa shape index (κ3) is 22.6. The molecule has 0 spiro atoms. The molecule has 0 aromatic heterocycles. The Morgan fingerprint density at radius 2 is 1.45 bits per heavy atom. The average Bonchev–Trinajstić information content (AvgIpc) is 2.39. The smallest absolute Gasteiger partial charge is 0.0614 e. The van der Waals surface area contributed by atoms with Crippen molar-refractivity contribution in [3.63, 3.8) is 0 Å². The summed E-state index contributed by atoms with van der Waals surface area (Å²) in [6.07, 6.45) is 13.7. The van der Waals surface area contributed by atoms with Gasteiger partial charge in [0, 0.05) is 6.61 Å². The van der Waals surface area contributed by atoms with Gasteiger partial charge in [-0.3, -0.25) is 0 Å². The molecule has 0 amide bonds. The van der Waals surface area contributed by atoms with Crippen molar-refractivity contribution in [1.29, 1.82) is 0 Å². The standard InChI is InChI=1S/C10H18O.C8H18O/c1-9(2)5-4-6-10(3)7-8-11;1-2-3-4-5-6-7-8-9/h5,7,11H,4,6,8H2,1-3H3;9H,2-8H2,1H3/b10-7+;. The highest BCUT2D eigenvalue weighted by Gasteiger charge is 1.87. The molecule has 20 heavy (non-hydrogen) atoms. The van der Waals surface area contributed by atoms with Crippen LogP contribution < -0.4 is 0 Å². The average molecular weight is 284 g/mol. The van der Waals surface area contributed by atoms with E-state index in [4.69, 9.17) is 10.2 Å². The summed E-state index contributed by atoms with van der Waals surface area (Å²) >= 11 is 0. The molecule has 0 unspecified atom stereocenters. The predicted octanol–water partition coefficient (Wildman–Crippen LogP) is 5.01. The fourth-order valence-electron chi connectivity index (χ4n) is 1.74. The van der Waals surface area contributed by atoms with Crippen molar-refractivity contribution >= 4 is 0 Å². The Kier molecular flexibility index (Phi) is 20.0. The summed E-state index contributed by atoms with van der Waals surface area (Å²) in [5.74, 6) is 0. The lowest BCUT2D eigenvalue weighted by molar-refractivity contribution is 0.282. The molecule has 2 N–H and O–H groups in total. The third-order valence-corrected chi connectivity index (χ3v) is 3.04. The monoisotopic (exact) mass is 284 g/mol. The minimum atomic E-state index is 0.167. The summed E-state index contributed by atoms with van der Waals surface area (Å²) in [6, 6.07) is 0. The molecule has 0 aromatic carbocycles. The molecule has 0 aliphatic heterocycles. The van der Waals surface area contributed by atoms with Gasteiger partial charge in [-0.15, -0.1) is 0 Å². The van der Waals surface area contributed by atoms with Crippen molar-refractivity contribution in [1.82, 2.24) is 0 Å². The van der Waals surface area contributed by atoms with Crippen molar-refractivity contribution in [2.45, 2.75) is 79.1 Å². The van der Waals surface area contributed by atoms with Crippen molar-refractivity contribution in [3.8, 4) is 0 Å². The summed E-state index contributed by atoms with van der Waals surface area (Å²) in [7, 11) is 0. The zero-order valence-electron chi connectivity index (χ0n) is 14.1. The number of hydrogen-bond acceptors (Lipinski definition) is 2. The SMILES string of the molecule is CC(C)=CCC/C(C)=C/CO.CCCCCCCCO. The highest BCUT2D eigenvalue weighted by Crippen LogP contribution is 2.05. The van der Waals surface area contributed by atoms with E-state index in [1.165, 1.54) is 43.3 Å². The van der Waals surface area contributed by atoms with E-state index in [2.05, 4.69) is 33.8 Å². The van der Waals surface area contributed by atoms with E-state index in [0.717, 1.165) is 19.3 Å². The van der Waals surface area contributed by atoms with Crippen LogP contribution >= 0.6 is 0 Å². The van der Waals surface area contributed by atoms with Crippen molar-refractivity contribution in [2.75, 3.05) is 13.2 Å². The Labute approximate surface area is 126 Å². The number of hydrogen-bond donors (Lipinski definition) is 2. The number of rotatable bonds is 10. The molecule has 0 rings (SSSR count). The minimum Gasteiger partial charge on any atom is -0.396 e. The number of unbranched alkanes of at least 4 members (excludes halogenated alkanes) is 5. The van der Waals surface area contributed by atoms with Gasteiger partial charge < -0.3 is 10.2 Å². The molecule has 0 heterocycles. The second kappa shape index (κ2) is 18.4. The van der Waals surface area contributed by atoms with Gasteiger partial charge in [-0.25, -0.2) is 0 Å². The molecular weight excluding hydrogens is 248 g/mol. The predicted molar refractivity (Wildman–Crippen MR) is 90.0 cm³/mol. The summed E-state index contributed by atoms with van der Waals surface area (Å²) < 4.78 is 0. The Morgan fingerprint density at radius 3 is 1.95 bits per heavy atom. The molecule has 0 aliphatic carbocycles. The normalized spacial score (nSPS) is 10.8. The molecule has 0 bridgehead atoms. The lowest BCUT2D eigenvalue weighted by Crippen LogP contribution is -1.82. The van der Waals surface area contributed by atoms with Gasteiger partial charge in [0.25, 0.3) is 0 Å². The van der Waals surface area contributed by atoms with Crippen LogP contribution in [0, 0.1) is 0 Å². The zero-order chi connectivity index (χ0) is 15.6. The number of aliphatic hydroxyl groups is 2. The Morgan fingerprint density at radius 1 is 0.850 bits per heavy atom. The highest BCUT2D eigenvalue weighted by atomic mass is 16.3. The molecule has 0 saturated heterocycles. The maximum Gasteiger partial charge on any atom is 0.0614 e. The summed E-state index contributed by atoms with van der Waals surface area (Å²) in [4.78, 5) is 0. The molecule has 120 valence electrons. The molecule has 0 aliphatic rings. The molecule has 0 fully saturated rings. The fraction of sp³-hybridized carbons (Fsp3) is 0.778. The summed E-state index contributed by atoms with van der Waals surface area (Å²) in [6.45, 7) is 9.00. The number of aliphatic hydroxyl groups excluding tert-OH is 2. The van der Waals surface area contributed by atoms with Crippen molar-refractivity contribution in [2.24, 2.45) is 0 Å². The van der Waals surface area contributed by atoms with Crippen LogP contribution in [0.3, 0.4) is 0 Å². The van der Waals surface area contributed by atoms with E-state index >= 15 is 0 Å². The fourth-order valence-corrected chi connectivity index (χ4v) is 1.74. The Hall–Kier alpha value is -0.600. The molecular formula is C18H36O2. The molecule has 0 aromatic rings. The summed E-state index contributed by atoms with van der Waals surface area (Å²) in [5, 5.41) is 17.0. The maximum atomic E-state index is 8.55. The van der Waals surface area contributed by atoms with Crippen LogP contribution in [0.1, 0.15) is 79.1 Å². The zero-order valence-corrected chi connectivity index (χ0v) is 14.1. The number of allylic oxidation sites excluding steroid dienone is 3. The second-order valence-electron chi connectivity index (χ2n) is 5.54. The molecule has 0 atom stereocenters. The van der Waals surface area contributed by atoms with Gasteiger partial charge in [0.05, 0.1) is 6.61 Å². The van der Waals surface area contributed by atoms with E-state index < -0.39 is 0 Å². The van der Waals surface area contributed by atoms with Gasteiger partial charge in [0.1, 0.15) is 0 Å². The van der Waals surface area contributed by atoms with Crippen LogP contribution in [0.4, 0.5) is 0 Å². The van der Waals surface area contributed by atoms with E-state index in [1.54, 1.807) is 0 Å².